The van der Waals surface area contributed by atoms with Crippen molar-refractivity contribution in [3.63, 3.8) is 0 Å². The van der Waals surface area contributed by atoms with Crippen molar-refractivity contribution in [3.05, 3.63) is 59.4 Å². The average molecular weight is 365 g/mol. The molecule has 0 spiro atoms. The molecule has 5 heteroatoms. The fourth-order valence-electron chi connectivity index (χ4n) is 4.27. The molecule has 0 unspecified atom stereocenters. The summed E-state index contributed by atoms with van der Waals surface area (Å²) in [7, 11) is 1.70. The number of carbonyl (C=O) groups is 1. The van der Waals surface area contributed by atoms with Crippen LogP contribution in [0.25, 0.3) is 0 Å². The molecular weight excluding hydrogens is 338 g/mol. The van der Waals surface area contributed by atoms with Crippen LogP contribution in [0.1, 0.15) is 35.6 Å². The Morgan fingerprint density at radius 3 is 2.56 bits per heavy atom. The van der Waals surface area contributed by atoms with Crippen molar-refractivity contribution in [2.24, 2.45) is 0 Å². The third-order valence-electron chi connectivity index (χ3n) is 5.77. The van der Waals surface area contributed by atoms with Crippen LogP contribution in [0.4, 0.5) is 0 Å². The molecule has 1 saturated heterocycles. The van der Waals surface area contributed by atoms with Crippen molar-refractivity contribution in [2.75, 3.05) is 33.3 Å². The summed E-state index contributed by atoms with van der Waals surface area (Å²) in [6, 6.07) is 10.0. The van der Waals surface area contributed by atoms with Gasteiger partial charge in [-0.05, 0) is 73.7 Å². The maximum atomic E-state index is 13.5. The van der Waals surface area contributed by atoms with Crippen molar-refractivity contribution >= 4 is 5.91 Å². The number of benzene rings is 1. The highest BCUT2D eigenvalue weighted by Gasteiger charge is 2.33. The summed E-state index contributed by atoms with van der Waals surface area (Å²) in [5, 5.41) is 0. The number of likely N-dealkylation sites (tertiary alicyclic amines) is 1. The normalized spacial score (nSPS) is 18.6. The van der Waals surface area contributed by atoms with E-state index in [9.17, 15) is 4.79 Å². The Morgan fingerprint density at radius 2 is 1.85 bits per heavy atom. The maximum absolute atomic E-state index is 13.5. The monoisotopic (exact) mass is 365 g/mol. The fraction of sp³-hybridized carbons (Fsp3) is 0.455. The topological polar surface area (TPSA) is 45.7 Å². The number of hydrogen-bond donors (Lipinski definition) is 0. The van der Waals surface area contributed by atoms with Gasteiger partial charge < -0.3 is 9.64 Å². The van der Waals surface area contributed by atoms with Gasteiger partial charge in [0.1, 0.15) is 11.8 Å². The van der Waals surface area contributed by atoms with E-state index in [0.717, 1.165) is 63.2 Å². The quantitative estimate of drug-likeness (QED) is 0.836. The summed E-state index contributed by atoms with van der Waals surface area (Å²) in [6.45, 7) is 3.49. The van der Waals surface area contributed by atoms with Gasteiger partial charge in [-0.2, -0.15) is 0 Å². The van der Waals surface area contributed by atoms with Gasteiger partial charge in [0.2, 0.25) is 5.91 Å². The highest BCUT2D eigenvalue weighted by molar-refractivity contribution is 5.83. The summed E-state index contributed by atoms with van der Waals surface area (Å²) in [6.07, 6.45) is 7.71. The molecule has 1 aromatic carbocycles. The lowest BCUT2D eigenvalue weighted by Crippen LogP contribution is -2.43. The van der Waals surface area contributed by atoms with Gasteiger partial charge in [0.05, 0.1) is 7.11 Å². The first-order valence-corrected chi connectivity index (χ1v) is 9.85. The highest BCUT2D eigenvalue weighted by atomic mass is 16.5. The number of methoxy groups -OCH3 is 1. The highest BCUT2D eigenvalue weighted by Crippen LogP contribution is 2.28. The van der Waals surface area contributed by atoms with E-state index in [1.807, 2.05) is 29.3 Å². The number of pyridine rings is 1. The molecule has 0 saturated carbocycles. The van der Waals surface area contributed by atoms with E-state index in [4.69, 9.17) is 4.74 Å². The standard InChI is InChI=1S/C22H27N3O2/c1-27-20-7-6-17-8-13-25(14-9-18(17)15-20)22(26)21(24-11-2-3-12-24)19-5-4-10-23-16-19/h4-7,10,15-16,21H,2-3,8-9,11-14H2,1H3/t21-/m1/s1. The molecule has 1 fully saturated rings. The number of ether oxygens (including phenoxy) is 1. The molecule has 2 aliphatic heterocycles. The first-order valence-electron chi connectivity index (χ1n) is 9.85. The second-order valence-corrected chi connectivity index (χ2v) is 7.39. The molecular formula is C22H27N3O2. The van der Waals surface area contributed by atoms with Crippen molar-refractivity contribution < 1.29 is 9.53 Å². The molecule has 142 valence electrons. The minimum atomic E-state index is -0.211. The minimum absolute atomic E-state index is 0.211. The smallest absolute Gasteiger partial charge is 0.244 e. The van der Waals surface area contributed by atoms with Crippen LogP contribution in [0.15, 0.2) is 42.7 Å². The lowest BCUT2D eigenvalue weighted by Gasteiger charge is -2.32. The zero-order valence-corrected chi connectivity index (χ0v) is 15.9. The molecule has 4 rings (SSSR count). The Morgan fingerprint density at radius 1 is 1.07 bits per heavy atom. The van der Waals surface area contributed by atoms with Crippen molar-refractivity contribution in [1.29, 1.82) is 0 Å². The van der Waals surface area contributed by atoms with Crippen LogP contribution in [0.3, 0.4) is 0 Å². The van der Waals surface area contributed by atoms with E-state index in [-0.39, 0.29) is 11.9 Å². The van der Waals surface area contributed by atoms with Crippen LogP contribution in [-0.2, 0) is 17.6 Å². The predicted octanol–water partition coefficient (Wildman–Crippen LogP) is 2.85. The Labute approximate surface area is 161 Å². The van der Waals surface area contributed by atoms with Crippen molar-refractivity contribution in [2.45, 2.75) is 31.7 Å². The van der Waals surface area contributed by atoms with E-state index in [2.05, 4.69) is 22.0 Å². The Kier molecular flexibility index (Phi) is 5.39. The predicted molar refractivity (Wildman–Crippen MR) is 105 cm³/mol. The van der Waals surface area contributed by atoms with Crippen LogP contribution in [0.5, 0.6) is 5.75 Å². The second kappa shape index (κ2) is 8.09. The largest absolute Gasteiger partial charge is 0.497 e. The minimum Gasteiger partial charge on any atom is -0.497 e. The van der Waals surface area contributed by atoms with Gasteiger partial charge in [-0.25, -0.2) is 0 Å². The zero-order chi connectivity index (χ0) is 18.6. The maximum Gasteiger partial charge on any atom is 0.244 e. The molecule has 0 N–H and O–H groups in total. The summed E-state index contributed by atoms with van der Waals surface area (Å²) in [5.74, 6) is 1.10. The molecule has 2 aliphatic rings. The van der Waals surface area contributed by atoms with Crippen molar-refractivity contribution in [1.82, 2.24) is 14.8 Å². The number of fused-ring (bicyclic) bond motifs is 1. The molecule has 1 aromatic heterocycles. The van der Waals surface area contributed by atoms with E-state index in [1.165, 1.54) is 11.1 Å². The lowest BCUT2D eigenvalue weighted by atomic mass is 10.0. The Balaban J connectivity index is 1.55. The van der Waals surface area contributed by atoms with E-state index in [1.54, 1.807) is 13.3 Å². The molecule has 0 radical (unpaired) electrons. The molecule has 2 aromatic rings. The Bertz CT molecular complexity index is 787. The van der Waals surface area contributed by atoms with E-state index >= 15 is 0 Å². The van der Waals surface area contributed by atoms with Gasteiger partial charge in [-0.15, -0.1) is 0 Å². The average Bonchev–Trinajstić information content (AvgIpc) is 3.14. The SMILES string of the molecule is COc1ccc2c(c1)CCN(C(=O)[C@@H](c1cccnc1)N1CCCC1)CC2. The van der Waals surface area contributed by atoms with Gasteiger partial charge in [0.25, 0.3) is 0 Å². The van der Waals surface area contributed by atoms with Crippen LogP contribution in [-0.4, -0.2) is 54.0 Å². The number of aromatic nitrogens is 1. The zero-order valence-electron chi connectivity index (χ0n) is 15.9. The van der Waals surface area contributed by atoms with Gasteiger partial charge >= 0.3 is 0 Å². The number of carbonyl (C=O) groups excluding carboxylic acids is 1. The van der Waals surface area contributed by atoms with Crippen LogP contribution >= 0.6 is 0 Å². The van der Waals surface area contributed by atoms with Crippen molar-refractivity contribution in [3.8, 4) is 5.75 Å². The van der Waals surface area contributed by atoms with Crippen LogP contribution < -0.4 is 4.74 Å². The molecule has 0 aliphatic carbocycles. The van der Waals surface area contributed by atoms with Crippen LogP contribution in [0, 0.1) is 0 Å². The van der Waals surface area contributed by atoms with Crippen LogP contribution in [0.2, 0.25) is 0 Å². The third-order valence-corrected chi connectivity index (χ3v) is 5.77. The van der Waals surface area contributed by atoms with Gasteiger partial charge in [-0.1, -0.05) is 12.1 Å². The molecule has 27 heavy (non-hydrogen) atoms. The molecule has 3 heterocycles. The summed E-state index contributed by atoms with van der Waals surface area (Å²) in [4.78, 5) is 22.2. The third kappa shape index (κ3) is 3.83. The number of nitrogens with zero attached hydrogens (tertiary/aromatic N) is 3. The summed E-state index contributed by atoms with van der Waals surface area (Å²) in [5.41, 5.74) is 3.63. The fourth-order valence-corrected chi connectivity index (χ4v) is 4.27. The summed E-state index contributed by atoms with van der Waals surface area (Å²) < 4.78 is 5.36. The van der Waals surface area contributed by atoms with Gasteiger partial charge in [-0.3, -0.25) is 14.7 Å². The number of rotatable bonds is 4. The number of amides is 1. The van der Waals surface area contributed by atoms with E-state index < -0.39 is 0 Å². The second-order valence-electron chi connectivity index (χ2n) is 7.39. The molecule has 1 amide bonds. The number of hydrogen-bond acceptors (Lipinski definition) is 4. The molecule has 5 nitrogen and oxygen atoms in total. The van der Waals surface area contributed by atoms with E-state index in [0.29, 0.717) is 0 Å². The first-order chi connectivity index (χ1) is 13.3. The first kappa shape index (κ1) is 18.0. The Hall–Kier alpha value is -2.40. The molecule has 1 atom stereocenters. The van der Waals surface area contributed by atoms with Gasteiger partial charge in [0.15, 0.2) is 0 Å². The summed E-state index contributed by atoms with van der Waals surface area (Å²) >= 11 is 0. The van der Waals surface area contributed by atoms with Gasteiger partial charge in [0, 0.05) is 25.5 Å². The molecule has 0 bridgehead atoms. The lowest BCUT2D eigenvalue weighted by molar-refractivity contribution is -0.136.